The fourth-order valence-corrected chi connectivity index (χ4v) is 3.43. The summed E-state index contributed by atoms with van der Waals surface area (Å²) in [6, 6.07) is 6.73. The third-order valence-electron chi connectivity index (χ3n) is 3.40. The maximum absolute atomic E-state index is 12.6. The number of rotatable bonds is 5. The number of halogens is 1. The van der Waals surface area contributed by atoms with E-state index in [1.54, 1.807) is 38.1 Å². The van der Waals surface area contributed by atoms with Gasteiger partial charge in [0.15, 0.2) is 0 Å². The third kappa shape index (κ3) is 4.37. The molecular formula is C17H17ClN2O4S. The van der Waals surface area contributed by atoms with Gasteiger partial charge in [-0.3, -0.25) is 9.59 Å². The Bertz CT molecular complexity index is 832. The number of thiophene rings is 1. The Morgan fingerprint density at radius 2 is 1.96 bits per heavy atom. The van der Waals surface area contributed by atoms with Crippen LogP contribution in [0.5, 0.6) is 0 Å². The van der Waals surface area contributed by atoms with Crippen molar-refractivity contribution in [3.8, 4) is 0 Å². The van der Waals surface area contributed by atoms with Crippen LogP contribution in [-0.2, 0) is 9.53 Å². The van der Waals surface area contributed by atoms with Crippen molar-refractivity contribution in [1.82, 2.24) is 0 Å². The highest BCUT2D eigenvalue weighted by molar-refractivity contribution is 7.18. The number of hydrogen-bond acceptors (Lipinski definition) is 5. The van der Waals surface area contributed by atoms with Crippen molar-refractivity contribution in [2.24, 2.45) is 0 Å². The van der Waals surface area contributed by atoms with Crippen LogP contribution in [0.4, 0.5) is 10.7 Å². The van der Waals surface area contributed by atoms with E-state index in [4.69, 9.17) is 16.3 Å². The van der Waals surface area contributed by atoms with Crippen molar-refractivity contribution in [3.63, 3.8) is 0 Å². The molecule has 0 atom stereocenters. The van der Waals surface area contributed by atoms with Gasteiger partial charge >= 0.3 is 5.97 Å². The zero-order chi connectivity index (χ0) is 18.6. The van der Waals surface area contributed by atoms with Crippen LogP contribution in [-0.4, -0.2) is 24.9 Å². The topological polar surface area (TPSA) is 84.5 Å². The number of anilines is 2. The normalized spacial score (nSPS) is 10.2. The van der Waals surface area contributed by atoms with Crippen LogP contribution < -0.4 is 10.6 Å². The first-order valence-electron chi connectivity index (χ1n) is 7.45. The van der Waals surface area contributed by atoms with Crippen LogP contribution in [0.15, 0.2) is 24.3 Å². The Kier molecular flexibility index (Phi) is 6.17. The van der Waals surface area contributed by atoms with E-state index in [9.17, 15) is 14.4 Å². The second-order valence-electron chi connectivity index (χ2n) is 5.12. The Morgan fingerprint density at radius 1 is 1.24 bits per heavy atom. The monoisotopic (exact) mass is 380 g/mol. The number of methoxy groups -OCH3 is 1. The standard InChI is InChI=1S/C17H17ClN2O4S/c1-4-12(21)20-16-13(17(23)24-3)9(2)14(25-16)15(22)19-11-7-5-6-10(18)8-11/h5-8H,4H2,1-3H3,(H,19,22)(H,20,21). The van der Waals surface area contributed by atoms with Gasteiger partial charge in [0, 0.05) is 17.1 Å². The van der Waals surface area contributed by atoms with Crippen LogP contribution in [0.3, 0.4) is 0 Å². The van der Waals surface area contributed by atoms with E-state index in [1.165, 1.54) is 7.11 Å². The van der Waals surface area contributed by atoms with E-state index >= 15 is 0 Å². The lowest BCUT2D eigenvalue weighted by Gasteiger charge is -2.05. The summed E-state index contributed by atoms with van der Waals surface area (Å²) in [7, 11) is 1.25. The fourth-order valence-electron chi connectivity index (χ4n) is 2.14. The molecule has 2 N–H and O–H groups in total. The predicted octanol–water partition coefficient (Wildman–Crippen LogP) is 4.10. The zero-order valence-corrected chi connectivity index (χ0v) is 15.5. The Balaban J connectivity index is 2.38. The number of ether oxygens (including phenoxy) is 1. The first-order chi connectivity index (χ1) is 11.9. The maximum atomic E-state index is 12.6. The van der Waals surface area contributed by atoms with E-state index < -0.39 is 11.9 Å². The summed E-state index contributed by atoms with van der Waals surface area (Å²) in [5.41, 5.74) is 1.16. The highest BCUT2D eigenvalue weighted by atomic mass is 35.5. The Hall–Kier alpha value is -2.38. The molecule has 0 aliphatic carbocycles. The Morgan fingerprint density at radius 3 is 2.56 bits per heavy atom. The number of carbonyl (C=O) groups excluding carboxylic acids is 3. The fraction of sp³-hybridized carbons (Fsp3) is 0.235. The zero-order valence-electron chi connectivity index (χ0n) is 13.9. The molecule has 0 aliphatic rings. The summed E-state index contributed by atoms with van der Waals surface area (Å²) < 4.78 is 4.77. The second-order valence-corrected chi connectivity index (χ2v) is 6.58. The summed E-state index contributed by atoms with van der Waals surface area (Å²) in [6.07, 6.45) is 0.252. The lowest BCUT2D eigenvalue weighted by molar-refractivity contribution is -0.115. The lowest BCUT2D eigenvalue weighted by Crippen LogP contribution is -2.13. The molecule has 25 heavy (non-hydrogen) atoms. The van der Waals surface area contributed by atoms with Gasteiger partial charge in [-0.2, -0.15) is 0 Å². The molecular weight excluding hydrogens is 364 g/mol. The van der Waals surface area contributed by atoms with Crippen LogP contribution in [0.25, 0.3) is 0 Å². The molecule has 132 valence electrons. The van der Waals surface area contributed by atoms with E-state index in [-0.39, 0.29) is 17.9 Å². The van der Waals surface area contributed by atoms with E-state index in [2.05, 4.69) is 10.6 Å². The predicted molar refractivity (Wildman–Crippen MR) is 98.7 cm³/mol. The van der Waals surface area contributed by atoms with Crippen molar-refractivity contribution < 1.29 is 19.1 Å². The van der Waals surface area contributed by atoms with Crippen molar-refractivity contribution in [3.05, 3.63) is 45.3 Å². The molecule has 0 aliphatic heterocycles. The molecule has 0 radical (unpaired) electrons. The van der Waals surface area contributed by atoms with Crippen molar-refractivity contribution in [1.29, 1.82) is 0 Å². The van der Waals surface area contributed by atoms with Crippen molar-refractivity contribution in [2.75, 3.05) is 17.7 Å². The molecule has 0 saturated carbocycles. The van der Waals surface area contributed by atoms with Crippen molar-refractivity contribution in [2.45, 2.75) is 20.3 Å². The van der Waals surface area contributed by atoms with Crippen LogP contribution in [0, 0.1) is 6.92 Å². The molecule has 1 aromatic carbocycles. The minimum Gasteiger partial charge on any atom is -0.465 e. The summed E-state index contributed by atoms with van der Waals surface area (Å²) >= 11 is 6.94. The van der Waals surface area contributed by atoms with Gasteiger partial charge in [0.2, 0.25) is 5.91 Å². The minimum absolute atomic E-state index is 0.186. The third-order valence-corrected chi connectivity index (χ3v) is 4.84. The molecule has 6 nitrogen and oxygen atoms in total. The quantitative estimate of drug-likeness (QED) is 0.765. The summed E-state index contributed by atoms with van der Waals surface area (Å²) in [6.45, 7) is 3.33. The Labute approximate surface area is 154 Å². The van der Waals surface area contributed by atoms with Crippen LogP contribution in [0.1, 0.15) is 38.9 Å². The summed E-state index contributed by atoms with van der Waals surface area (Å²) in [5.74, 6) is -1.26. The van der Waals surface area contributed by atoms with Gasteiger partial charge < -0.3 is 15.4 Å². The average molecular weight is 381 g/mol. The molecule has 0 bridgehead atoms. The molecule has 2 aromatic rings. The molecule has 0 spiro atoms. The minimum atomic E-state index is -0.609. The van der Waals surface area contributed by atoms with Gasteiger partial charge in [0.05, 0.1) is 17.6 Å². The number of esters is 1. The van der Waals surface area contributed by atoms with Crippen LogP contribution >= 0.6 is 22.9 Å². The van der Waals surface area contributed by atoms with Crippen LogP contribution in [0.2, 0.25) is 5.02 Å². The molecule has 1 heterocycles. The number of benzene rings is 1. The number of hydrogen-bond donors (Lipinski definition) is 2. The van der Waals surface area contributed by atoms with Gasteiger partial charge in [-0.25, -0.2) is 4.79 Å². The smallest absolute Gasteiger partial charge is 0.341 e. The van der Waals surface area contributed by atoms with Gasteiger partial charge in [0.25, 0.3) is 5.91 Å². The average Bonchev–Trinajstić information content (AvgIpc) is 2.90. The largest absolute Gasteiger partial charge is 0.465 e. The van der Waals surface area contributed by atoms with E-state index in [0.717, 1.165) is 11.3 Å². The number of nitrogens with one attached hydrogen (secondary N) is 2. The molecule has 0 saturated heterocycles. The van der Waals surface area contributed by atoms with Gasteiger partial charge in [-0.05, 0) is 30.7 Å². The van der Waals surface area contributed by atoms with Gasteiger partial charge in [-0.1, -0.05) is 24.6 Å². The number of amides is 2. The highest BCUT2D eigenvalue weighted by Gasteiger charge is 2.26. The SMILES string of the molecule is CCC(=O)Nc1sc(C(=O)Nc2cccc(Cl)c2)c(C)c1C(=O)OC. The maximum Gasteiger partial charge on any atom is 0.341 e. The van der Waals surface area contributed by atoms with Gasteiger partial charge in [-0.15, -0.1) is 11.3 Å². The molecule has 0 unspecified atom stereocenters. The van der Waals surface area contributed by atoms with E-state index in [1.807, 2.05) is 0 Å². The van der Waals surface area contributed by atoms with Crippen molar-refractivity contribution >= 4 is 51.4 Å². The lowest BCUT2D eigenvalue weighted by atomic mass is 10.1. The summed E-state index contributed by atoms with van der Waals surface area (Å²) in [4.78, 5) is 36.6. The van der Waals surface area contributed by atoms with Gasteiger partial charge in [0.1, 0.15) is 5.00 Å². The second kappa shape index (κ2) is 8.13. The molecule has 1 aromatic heterocycles. The molecule has 2 rings (SSSR count). The van der Waals surface area contributed by atoms with E-state index in [0.29, 0.717) is 26.2 Å². The highest BCUT2D eigenvalue weighted by Crippen LogP contribution is 2.34. The summed E-state index contributed by atoms with van der Waals surface area (Å²) in [5, 5.41) is 6.16. The first-order valence-corrected chi connectivity index (χ1v) is 8.65. The molecule has 8 heteroatoms. The first kappa shape index (κ1) is 19.0. The molecule has 2 amide bonds. The molecule has 0 fully saturated rings. The number of carbonyl (C=O) groups is 3.